The van der Waals surface area contributed by atoms with Crippen molar-refractivity contribution < 1.29 is 0 Å². The number of aryl methyl sites for hydroxylation is 3. The fourth-order valence-electron chi connectivity index (χ4n) is 4.38. The highest BCUT2D eigenvalue weighted by molar-refractivity contribution is 5.80. The Morgan fingerprint density at radius 1 is 0.879 bits per heavy atom. The summed E-state index contributed by atoms with van der Waals surface area (Å²) in [4.78, 5) is 9.84. The van der Waals surface area contributed by atoms with Crippen molar-refractivity contribution in [1.82, 2.24) is 39.7 Å². The molecule has 0 saturated carbocycles. The summed E-state index contributed by atoms with van der Waals surface area (Å²) in [6.45, 7) is 8.04. The van der Waals surface area contributed by atoms with E-state index in [2.05, 4.69) is 80.9 Å². The quantitative estimate of drug-likeness (QED) is 0.374. The van der Waals surface area contributed by atoms with Crippen molar-refractivity contribution in [3.8, 4) is 22.5 Å². The van der Waals surface area contributed by atoms with E-state index in [-0.39, 0.29) is 0 Å². The largest absolute Gasteiger partial charge is 0.312 e. The van der Waals surface area contributed by atoms with Crippen LogP contribution in [0.15, 0.2) is 48.5 Å². The van der Waals surface area contributed by atoms with Crippen LogP contribution in [0.4, 0.5) is 0 Å². The predicted octanol–water partition coefficient (Wildman–Crippen LogP) is 4.80. The summed E-state index contributed by atoms with van der Waals surface area (Å²) < 4.78 is 4.48. The molecule has 3 heterocycles. The Kier molecular flexibility index (Phi) is 5.73. The number of tetrazole rings is 1. The summed E-state index contributed by atoms with van der Waals surface area (Å²) in [5.74, 6) is 2.72. The molecule has 0 amide bonds. The molecule has 33 heavy (non-hydrogen) atoms. The Bertz CT molecular complexity index is 1360. The topological polar surface area (TPSA) is 90.1 Å². The molecule has 0 aliphatic carbocycles. The van der Waals surface area contributed by atoms with E-state index >= 15 is 0 Å². The SMILES string of the molecule is CCCCc1nc2c(nc(C)n2CC)n1Cc1ccc(-c2ccccc2-c2nn[nH]n2)cc1. The molecule has 0 spiro atoms. The summed E-state index contributed by atoms with van der Waals surface area (Å²) in [6.07, 6.45) is 3.23. The van der Waals surface area contributed by atoms with E-state index in [4.69, 9.17) is 9.97 Å². The number of H-pyrrole nitrogens is 1. The fourth-order valence-corrected chi connectivity index (χ4v) is 4.38. The molecule has 5 aromatic rings. The number of benzene rings is 2. The second-order valence-electron chi connectivity index (χ2n) is 8.25. The molecule has 0 atom stereocenters. The third kappa shape index (κ3) is 3.92. The van der Waals surface area contributed by atoms with Crippen molar-refractivity contribution in [2.45, 2.75) is 53.1 Å². The van der Waals surface area contributed by atoms with E-state index in [0.29, 0.717) is 5.82 Å². The van der Waals surface area contributed by atoms with E-state index in [9.17, 15) is 0 Å². The molecule has 0 bridgehead atoms. The monoisotopic (exact) mass is 440 g/mol. The number of unbranched alkanes of at least 4 members (excludes halogenated alkanes) is 1. The summed E-state index contributed by atoms with van der Waals surface area (Å²) in [5.41, 5.74) is 6.34. The van der Waals surface area contributed by atoms with Gasteiger partial charge in [-0.2, -0.15) is 5.21 Å². The van der Waals surface area contributed by atoms with Crippen molar-refractivity contribution >= 4 is 11.3 Å². The highest BCUT2D eigenvalue weighted by atomic mass is 15.5. The van der Waals surface area contributed by atoms with Gasteiger partial charge in [0.2, 0.25) is 5.82 Å². The van der Waals surface area contributed by atoms with Gasteiger partial charge in [0.1, 0.15) is 11.6 Å². The van der Waals surface area contributed by atoms with Gasteiger partial charge in [0, 0.05) is 18.5 Å². The van der Waals surface area contributed by atoms with E-state index in [1.165, 1.54) is 5.56 Å². The molecular weight excluding hydrogens is 412 g/mol. The number of fused-ring (bicyclic) bond motifs is 1. The Morgan fingerprint density at radius 3 is 2.33 bits per heavy atom. The van der Waals surface area contributed by atoms with Crippen LogP contribution in [0, 0.1) is 6.92 Å². The molecule has 0 aliphatic rings. The lowest BCUT2D eigenvalue weighted by Gasteiger charge is -2.10. The molecule has 8 heteroatoms. The average Bonchev–Trinajstić information content (AvgIpc) is 3.55. The maximum atomic E-state index is 4.98. The lowest BCUT2D eigenvalue weighted by molar-refractivity contribution is 0.678. The van der Waals surface area contributed by atoms with Crippen molar-refractivity contribution in [3.05, 3.63) is 65.7 Å². The number of imidazole rings is 2. The van der Waals surface area contributed by atoms with Crippen molar-refractivity contribution in [2.24, 2.45) is 0 Å². The summed E-state index contributed by atoms with van der Waals surface area (Å²) in [7, 11) is 0. The fraction of sp³-hybridized carbons (Fsp3) is 0.320. The highest BCUT2D eigenvalue weighted by Crippen LogP contribution is 2.30. The third-order valence-electron chi connectivity index (χ3n) is 6.11. The minimum atomic E-state index is 0.595. The van der Waals surface area contributed by atoms with Gasteiger partial charge in [-0.15, -0.1) is 10.2 Å². The zero-order valence-electron chi connectivity index (χ0n) is 19.3. The van der Waals surface area contributed by atoms with Gasteiger partial charge in [-0.3, -0.25) is 0 Å². The molecule has 0 saturated heterocycles. The number of aromatic amines is 1. The van der Waals surface area contributed by atoms with Crippen LogP contribution in [0.5, 0.6) is 0 Å². The van der Waals surface area contributed by atoms with Crippen LogP contribution in [0.1, 0.15) is 43.9 Å². The Labute approximate surface area is 192 Å². The Morgan fingerprint density at radius 2 is 1.64 bits per heavy atom. The van der Waals surface area contributed by atoms with Crippen LogP contribution in [0.2, 0.25) is 0 Å². The first-order valence-electron chi connectivity index (χ1n) is 11.5. The zero-order valence-corrected chi connectivity index (χ0v) is 19.3. The van der Waals surface area contributed by atoms with Gasteiger partial charge in [0.05, 0.1) is 6.54 Å². The molecule has 0 aliphatic heterocycles. The van der Waals surface area contributed by atoms with Gasteiger partial charge in [-0.1, -0.05) is 61.9 Å². The van der Waals surface area contributed by atoms with Crippen LogP contribution in [0.3, 0.4) is 0 Å². The zero-order chi connectivity index (χ0) is 22.8. The lowest BCUT2D eigenvalue weighted by Crippen LogP contribution is -2.06. The van der Waals surface area contributed by atoms with Crippen molar-refractivity contribution in [2.75, 3.05) is 0 Å². The van der Waals surface area contributed by atoms with Gasteiger partial charge in [-0.05, 0) is 42.2 Å². The first-order valence-corrected chi connectivity index (χ1v) is 11.5. The highest BCUT2D eigenvalue weighted by Gasteiger charge is 2.18. The molecular formula is C25H28N8. The van der Waals surface area contributed by atoms with Crippen LogP contribution in [-0.2, 0) is 19.5 Å². The minimum absolute atomic E-state index is 0.595. The van der Waals surface area contributed by atoms with Gasteiger partial charge in [0.15, 0.2) is 11.3 Å². The van der Waals surface area contributed by atoms with E-state index in [0.717, 1.165) is 72.0 Å². The molecule has 0 fully saturated rings. The Balaban J connectivity index is 1.48. The lowest BCUT2D eigenvalue weighted by atomic mass is 9.98. The maximum Gasteiger partial charge on any atom is 0.205 e. The minimum Gasteiger partial charge on any atom is -0.312 e. The second kappa shape index (κ2) is 8.97. The molecule has 2 aromatic carbocycles. The van der Waals surface area contributed by atoms with Crippen LogP contribution < -0.4 is 0 Å². The van der Waals surface area contributed by atoms with Crippen LogP contribution >= 0.6 is 0 Å². The van der Waals surface area contributed by atoms with Crippen LogP contribution in [0.25, 0.3) is 33.8 Å². The van der Waals surface area contributed by atoms with E-state index in [1.54, 1.807) is 0 Å². The summed E-state index contributed by atoms with van der Waals surface area (Å²) >= 11 is 0. The van der Waals surface area contributed by atoms with Crippen LogP contribution in [-0.4, -0.2) is 39.7 Å². The number of nitrogens with one attached hydrogen (secondary N) is 1. The average molecular weight is 441 g/mol. The van der Waals surface area contributed by atoms with Gasteiger partial charge < -0.3 is 9.13 Å². The van der Waals surface area contributed by atoms with E-state index in [1.807, 2.05) is 18.2 Å². The first-order chi connectivity index (χ1) is 16.2. The van der Waals surface area contributed by atoms with Gasteiger partial charge >= 0.3 is 0 Å². The normalized spacial score (nSPS) is 11.5. The Hall–Kier alpha value is -3.81. The number of rotatable bonds is 8. The van der Waals surface area contributed by atoms with Gasteiger partial charge in [0.25, 0.3) is 0 Å². The maximum absolute atomic E-state index is 4.98. The van der Waals surface area contributed by atoms with Crippen molar-refractivity contribution in [3.63, 3.8) is 0 Å². The van der Waals surface area contributed by atoms with Crippen molar-refractivity contribution in [1.29, 1.82) is 0 Å². The van der Waals surface area contributed by atoms with Gasteiger partial charge in [-0.25, -0.2) is 9.97 Å². The standard InChI is InChI=1S/C25H28N8/c1-4-6-11-22-27-25-24(26-17(3)32(25)5-2)33(22)16-18-12-14-19(15-13-18)20-9-7-8-10-21(20)23-28-30-31-29-23/h7-10,12-15H,4-6,11,16H2,1-3H3,(H,28,29,30,31). The molecule has 8 nitrogen and oxygen atoms in total. The molecule has 0 unspecified atom stereocenters. The number of nitrogens with zero attached hydrogens (tertiary/aromatic N) is 7. The third-order valence-corrected chi connectivity index (χ3v) is 6.11. The van der Waals surface area contributed by atoms with E-state index < -0.39 is 0 Å². The number of aromatic nitrogens is 8. The summed E-state index contributed by atoms with van der Waals surface area (Å²) in [5, 5.41) is 14.5. The second-order valence-corrected chi connectivity index (χ2v) is 8.25. The molecule has 3 aromatic heterocycles. The smallest absolute Gasteiger partial charge is 0.205 e. The predicted molar refractivity (Wildman–Crippen MR) is 129 cm³/mol. The summed E-state index contributed by atoms with van der Waals surface area (Å²) in [6, 6.07) is 16.8. The number of hydrogen-bond acceptors (Lipinski definition) is 5. The molecule has 1 N–H and O–H groups in total. The number of hydrogen-bond donors (Lipinski definition) is 1. The molecule has 168 valence electrons. The first kappa shape index (κ1) is 21.1. The molecule has 0 radical (unpaired) electrons. The molecule has 5 rings (SSSR count).